The van der Waals surface area contributed by atoms with Crippen molar-refractivity contribution in [3.8, 4) is 0 Å². The highest BCUT2D eigenvalue weighted by molar-refractivity contribution is 5.98. The fourth-order valence-corrected chi connectivity index (χ4v) is 1.08. The van der Waals surface area contributed by atoms with Crippen LogP contribution in [0.2, 0.25) is 0 Å². The molecule has 0 aromatic carbocycles. The van der Waals surface area contributed by atoms with Gasteiger partial charge in [0.15, 0.2) is 5.84 Å². The van der Waals surface area contributed by atoms with E-state index < -0.39 is 4.92 Å². The first-order chi connectivity index (χ1) is 5.61. The van der Waals surface area contributed by atoms with Crippen LogP contribution in [0.4, 0.5) is 0 Å². The van der Waals surface area contributed by atoms with Gasteiger partial charge in [0.2, 0.25) is 5.91 Å². The Labute approximate surface area is 69.0 Å². The molecule has 0 radical (unpaired) electrons. The number of hydrogen-bond donors (Lipinski definition) is 0. The fourth-order valence-electron chi connectivity index (χ4n) is 1.08. The SMILES string of the molecule is CC(=O)N1CCN=C1C[N+](=O)[O-]. The number of carbonyl (C=O) groups is 1. The highest BCUT2D eigenvalue weighted by atomic mass is 16.6. The molecular formula is C6H9N3O3. The van der Waals surface area contributed by atoms with Gasteiger partial charge in [-0.2, -0.15) is 0 Å². The summed E-state index contributed by atoms with van der Waals surface area (Å²) < 4.78 is 0. The Bertz CT molecular complexity index is 248. The Morgan fingerprint density at radius 3 is 3.00 bits per heavy atom. The average molecular weight is 171 g/mol. The molecule has 0 aromatic rings. The molecule has 1 amide bonds. The van der Waals surface area contributed by atoms with Gasteiger partial charge in [-0.15, -0.1) is 0 Å². The third-order valence-corrected chi connectivity index (χ3v) is 1.58. The number of nitro groups is 1. The van der Waals surface area contributed by atoms with Crippen LogP contribution in [-0.4, -0.2) is 41.2 Å². The van der Waals surface area contributed by atoms with E-state index in [1.54, 1.807) is 0 Å². The van der Waals surface area contributed by atoms with E-state index in [4.69, 9.17) is 0 Å². The molecule has 1 rings (SSSR count). The fraction of sp³-hybridized carbons (Fsp3) is 0.667. The van der Waals surface area contributed by atoms with E-state index in [1.165, 1.54) is 11.8 Å². The smallest absolute Gasteiger partial charge is 0.260 e. The molecule has 0 bridgehead atoms. The van der Waals surface area contributed by atoms with Crippen molar-refractivity contribution in [2.75, 3.05) is 19.6 Å². The van der Waals surface area contributed by atoms with Gasteiger partial charge in [-0.3, -0.25) is 24.8 Å². The second-order valence-electron chi connectivity index (χ2n) is 2.46. The van der Waals surface area contributed by atoms with Gasteiger partial charge < -0.3 is 0 Å². The number of nitrogens with zero attached hydrogens (tertiary/aromatic N) is 3. The summed E-state index contributed by atoms with van der Waals surface area (Å²) in [5, 5.41) is 10.1. The second kappa shape index (κ2) is 3.29. The molecule has 1 heterocycles. The Morgan fingerprint density at radius 1 is 1.83 bits per heavy atom. The molecule has 0 fully saturated rings. The standard InChI is InChI=1S/C6H9N3O3/c1-5(10)8-3-2-7-6(8)4-9(11)12/h2-4H2,1H3. The Kier molecular flexibility index (Phi) is 2.37. The molecule has 0 saturated heterocycles. The second-order valence-corrected chi connectivity index (χ2v) is 2.46. The van der Waals surface area contributed by atoms with Gasteiger partial charge in [-0.25, -0.2) is 0 Å². The molecule has 6 nitrogen and oxygen atoms in total. The monoisotopic (exact) mass is 171 g/mol. The van der Waals surface area contributed by atoms with E-state index in [0.29, 0.717) is 13.1 Å². The van der Waals surface area contributed by atoms with E-state index >= 15 is 0 Å². The van der Waals surface area contributed by atoms with Gasteiger partial charge in [0.1, 0.15) is 0 Å². The normalized spacial score (nSPS) is 16.1. The molecule has 0 aromatic heterocycles. The van der Waals surface area contributed by atoms with Crippen LogP contribution in [0.5, 0.6) is 0 Å². The maximum absolute atomic E-state index is 10.9. The number of amidine groups is 1. The minimum Gasteiger partial charge on any atom is -0.293 e. The molecule has 1 aliphatic rings. The number of aliphatic imine (C=N–C) groups is 1. The maximum atomic E-state index is 10.9. The lowest BCUT2D eigenvalue weighted by molar-refractivity contribution is -0.464. The van der Waals surface area contributed by atoms with Gasteiger partial charge in [-0.05, 0) is 0 Å². The van der Waals surface area contributed by atoms with Crippen LogP contribution in [0.15, 0.2) is 4.99 Å². The lowest BCUT2D eigenvalue weighted by atomic mass is 10.4. The molecule has 0 saturated carbocycles. The van der Waals surface area contributed by atoms with Crippen molar-refractivity contribution in [2.24, 2.45) is 4.99 Å². The van der Waals surface area contributed by atoms with Gasteiger partial charge >= 0.3 is 0 Å². The van der Waals surface area contributed by atoms with E-state index in [1.807, 2.05) is 0 Å². The Morgan fingerprint density at radius 2 is 2.50 bits per heavy atom. The zero-order valence-electron chi connectivity index (χ0n) is 6.69. The van der Waals surface area contributed by atoms with Gasteiger partial charge in [0.25, 0.3) is 6.54 Å². The predicted octanol–water partition coefficient (Wildman–Crippen LogP) is -0.476. The van der Waals surface area contributed by atoms with Crippen LogP contribution in [0.25, 0.3) is 0 Å². The van der Waals surface area contributed by atoms with Gasteiger partial charge in [-0.1, -0.05) is 0 Å². The van der Waals surface area contributed by atoms with E-state index in [2.05, 4.69) is 4.99 Å². The molecule has 0 N–H and O–H groups in total. The topological polar surface area (TPSA) is 75.8 Å². The summed E-state index contributed by atoms with van der Waals surface area (Å²) in [5.41, 5.74) is 0. The van der Waals surface area contributed by atoms with E-state index in [-0.39, 0.29) is 18.3 Å². The van der Waals surface area contributed by atoms with Crippen molar-refractivity contribution in [1.29, 1.82) is 0 Å². The Balaban J connectivity index is 2.63. The van der Waals surface area contributed by atoms with Crippen molar-refractivity contribution in [3.63, 3.8) is 0 Å². The largest absolute Gasteiger partial charge is 0.293 e. The third-order valence-electron chi connectivity index (χ3n) is 1.58. The van der Waals surface area contributed by atoms with Crippen LogP contribution < -0.4 is 0 Å². The first-order valence-corrected chi connectivity index (χ1v) is 3.54. The number of amides is 1. The molecule has 0 unspecified atom stereocenters. The predicted molar refractivity (Wildman–Crippen MR) is 41.6 cm³/mol. The summed E-state index contributed by atoms with van der Waals surface area (Å²) in [6.45, 7) is 1.96. The van der Waals surface area contributed by atoms with Gasteiger partial charge in [0, 0.05) is 18.4 Å². The number of carbonyl (C=O) groups excluding carboxylic acids is 1. The van der Waals surface area contributed by atoms with Crippen molar-refractivity contribution in [3.05, 3.63) is 10.1 Å². The zero-order chi connectivity index (χ0) is 9.14. The van der Waals surface area contributed by atoms with Crippen LogP contribution in [0, 0.1) is 10.1 Å². The molecule has 0 spiro atoms. The summed E-state index contributed by atoms with van der Waals surface area (Å²) >= 11 is 0. The van der Waals surface area contributed by atoms with Gasteiger partial charge in [0.05, 0.1) is 6.54 Å². The van der Waals surface area contributed by atoms with Crippen LogP contribution in [0.3, 0.4) is 0 Å². The quantitative estimate of drug-likeness (QED) is 0.416. The summed E-state index contributed by atoms with van der Waals surface area (Å²) in [4.78, 5) is 25.7. The van der Waals surface area contributed by atoms with Crippen LogP contribution in [0.1, 0.15) is 6.92 Å². The van der Waals surface area contributed by atoms with E-state index in [9.17, 15) is 14.9 Å². The number of hydrogen-bond acceptors (Lipinski definition) is 4. The van der Waals surface area contributed by atoms with Crippen molar-refractivity contribution >= 4 is 11.7 Å². The first-order valence-electron chi connectivity index (χ1n) is 3.54. The third kappa shape index (κ3) is 1.77. The lowest BCUT2D eigenvalue weighted by Gasteiger charge is -2.12. The average Bonchev–Trinajstić information content (AvgIpc) is 2.33. The minimum atomic E-state index is -0.486. The van der Waals surface area contributed by atoms with Crippen molar-refractivity contribution in [1.82, 2.24) is 4.90 Å². The number of rotatable bonds is 2. The lowest BCUT2D eigenvalue weighted by Crippen LogP contribution is -2.36. The molecular weight excluding hydrogens is 162 g/mol. The highest BCUT2D eigenvalue weighted by Gasteiger charge is 2.23. The van der Waals surface area contributed by atoms with Crippen LogP contribution in [-0.2, 0) is 4.79 Å². The maximum Gasteiger partial charge on any atom is 0.260 e. The van der Waals surface area contributed by atoms with Crippen LogP contribution >= 0.6 is 0 Å². The van der Waals surface area contributed by atoms with E-state index in [0.717, 1.165) is 0 Å². The molecule has 1 aliphatic heterocycles. The molecule has 12 heavy (non-hydrogen) atoms. The van der Waals surface area contributed by atoms with Crippen molar-refractivity contribution < 1.29 is 9.72 Å². The summed E-state index contributed by atoms with van der Waals surface area (Å²) in [6.07, 6.45) is 0. The minimum absolute atomic E-state index is 0.187. The van der Waals surface area contributed by atoms with Crippen molar-refractivity contribution in [2.45, 2.75) is 6.92 Å². The molecule has 66 valence electrons. The summed E-state index contributed by atoms with van der Waals surface area (Å²) in [5.74, 6) is 0.0839. The summed E-state index contributed by atoms with van der Waals surface area (Å²) in [6, 6.07) is 0. The zero-order valence-corrected chi connectivity index (χ0v) is 6.69. The highest BCUT2D eigenvalue weighted by Crippen LogP contribution is 2.01. The summed E-state index contributed by atoms with van der Waals surface area (Å²) in [7, 11) is 0. The molecule has 0 atom stereocenters. The molecule has 0 aliphatic carbocycles. The molecule has 6 heteroatoms. The Hall–Kier alpha value is -1.46. The first kappa shape index (κ1) is 8.63.